The molecule has 0 bridgehead atoms. The number of thioether (sulfide) groups is 1. The van der Waals surface area contributed by atoms with E-state index >= 15 is 0 Å². The van der Waals surface area contributed by atoms with Crippen molar-refractivity contribution in [3.8, 4) is 11.3 Å². The molecule has 1 aromatic heterocycles. The molecule has 2 aromatic carbocycles. The number of benzene rings is 2. The molecule has 1 aliphatic rings. The van der Waals surface area contributed by atoms with Gasteiger partial charge in [0.1, 0.15) is 11.5 Å². The molecule has 1 fully saturated rings. The van der Waals surface area contributed by atoms with Crippen molar-refractivity contribution in [2.75, 3.05) is 7.05 Å². The zero-order chi connectivity index (χ0) is 22.8. The Morgan fingerprint density at radius 3 is 2.72 bits per heavy atom. The summed E-state index contributed by atoms with van der Waals surface area (Å²) in [7, 11) is 1.57. The molecule has 0 aliphatic carbocycles. The van der Waals surface area contributed by atoms with Gasteiger partial charge in [-0.05, 0) is 48.2 Å². The average Bonchev–Trinajstić information content (AvgIpc) is 3.35. The van der Waals surface area contributed by atoms with Crippen molar-refractivity contribution in [1.29, 1.82) is 0 Å². The molecule has 1 amide bonds. The number of rotatable bonds is 5. The Morgan fingerprint density at radius 2 is 1.97 bits per heavy atom. The van der Waals surface area contributed by atoms with Crippen molar-refractivity contribution in [3.63, 3.8) is 0 Å². The van der Waals surface area contributed by atoms with Crippen LogP contribution in [0.15, 0.2) is 75.0 Å². The van der Waals surface area contributed by atoms with E-state index in [1.807, 2.05) is 0 Å². The van der Waals surface area contributed by atoms with Crippen LogP contribution in [0.5, 0.6) is 0 Å². The van der Waals surface area contributed by atoms with Crippen LogP contribution >= 0.6 is 11.8 Å². The van der Waals surface area contributed by atoms with Crippen LogP contribution in [-0.4, -0.2) is 39.0 Å². The fraction of sp³-hybridized carbons (Fsp3) is 0.0455. The number of furan rings is 1. The highest BCUT2D eigenvalue weighted by Crippen LogP contribution is 2.35. The first kappa shape index (κ1) is 21.1. The van der Waals surface area contributed by atoms with E-state index in [0.29, 0.717) is 32.8 Å². The number of carboxylic acid groups (broad SMARTS) is 1. The van der Waals surface area contributed by atoms with Crippen LogP contribution in [-0.2, 0) is 4.79 Å². The van der Waals surface area contributed by atoms with Gasteiger partial charge in [-0.1, -0.05) is 18.2 Å². The van der Waals surface area contributed by atoms with Crippen LogP contribution < -0.4 is 0 Å². The lowest BCUT2D eigenvalue weighted by Crippen LogP contribution is -2.23. The number of para-hydroxylation sites is 1. The number of aliphatic imine (C=N–C) groups is 1. The number of carbonyl (C=O) groups is 2. The van der Waals surface area contributed by atoms with E-state index in [1.54, 1.807) is 49.5 Å². The van der Waals surface area contributed by atoms with Crippen molar-refractivity contribution in [2.24, 2.45) is 4.99 Å². The zero-order valence-electron chi connectivity index (χ0n) is 16.6. The average molecular weight is 449 g/mol. The summed E-state index contributed by atoms with van der Waals surface area (Å²) in [4.78, 5) is 40.7. The monoisotopic (exact) mass is 449 g/mol. The second kappa shape index (κ2) is 8.52. The highest BCUT2D eigenvalue weighted by molar-refractivity contribution is 8.18. The van der Waals surface area contributed by atoms with Gasteiger partial charge in [-0.2, -0.15) is 0 Å². The Morgan fingerprint density at radius 1 is 1.19 bits per heavy atom. The van der Waals surface area contributed by atoms with Crippen molar-refractivity contribution < 1.29 is 24.0 Å². The lowest BCUT2D eigenvalue weighted by atomic mass is 10.1. The van der Waals surface area contributed by atoms with Crippen LogP contribution in [0.1, 0.15) is 16.1 Å². The number of carboxylic acids is 1. The maximum atomic E-state index is 12.6. The van der Waals surface area contributed by atoms with Gasteiger partial charge in [-0.25, -0.2) is 9.79 Å². The standard InChI is InChI=1S/C22H15N3O6S/c1-24-20(26)19(32-22(24)23-14-6-4-5-13(11-14)21(27)28)12-15-9-10-18(31-15)16-7-2-3-8-17(16)25(29)30/h2-12H,1H3,(H,27,28)/b19-12+,23-22?. The second-order valence-electron chi connectivity index (χ2n) is 6.70. The number of hydrogen-bond acceptors (Lipinski definition) is 7. The quantitative estimate of drug-likeness (QED) is 0.337. The van der Waals surface area contributed by atoms with E-state index in [4.69, 9.17) is 9.52 Å². The van der Waals surface area contributed by atoms with Crippen molar-refractivity contribution >= 4 is 46.3 Å². The summed E-state index contributed by atoms with van der Waals surface area (Å²) in [6.07, 6.45) is 1.54. The van der Waals surface area contributed by atoms with Gasteiger partial charge in [-0.15, -0.1) is 0 Å². The van der Waals surface area contributed by atoms with Crippen LogP contribution in [0.4, 0.5) is 11.4 Å². The smallest absolute Gasteiger partial charge is 0.335 e. The van der Waals surface area contributed by atoms with Gasteiger partial charge >= 0.3 is 5.97 Å². The first-order valence-corrected chi connectivity index (χ1v) is 10.1. The van der Waals surface area contributed by atoms with Crippen LogP contribution in [0, 0.1) is 10.1 Å². The number of amidine groups is 1. The third kappa shape index (κ3) is 4.16. The first-order valence-electron chi connectivity index (χ1n) is 9.27. The summed E-state index contributed by atoms with van der Waals surface area (Å²) in [6.45, 7) is 0. The minimum atomic E-state index is -1.07. The largest absolute Gasteiger partial charge is 0.478 e. The number of amides is 1. The summed E-state index contributed by atoms with van der Waals surface area (Å²) in [5, 5.41) is 20.8. The third-order valence-electron chi connectivity index (χ3n) is 4.59. The number of hydrogen-bond donors (Lipinski definition) is 1. The molecule has 0 saturated carbocycles. The number of aromatic carboxylic acids is 1. The molecule has 2 heterocycles. The van der Waals surface area contributed by atoms with E-state index in [0.717, 1.165) is 11.8 Å². The minimum Gasteiger partial charge on any atom is -0.478 e. The topological polar surface area (TPSA) is 126 Å². The second-order valence-corrected chi connectivity index (χ2v) is 7.71. The van der Waals surface area contributed by atoms with Crippen LogP contribution in [0.3, 0.4) is 0 Å². The third-order valence-corrected chi connectivity index (χ3v) is 5.65. The molecule has 0 spiro atoms. The molecular weight excluding hydrogens is 434 g/mol. The summed E-state index contributed by atoms with van der Waals surface area (Å²) in [6, 6.07) is 15.6. The predicted molar refractivity (Wildman–Crippen MR) is 120 cm³/mol. The number of nitrogens with zero attached hydrogens (tertiary/aromatic N) is 3. The molecule has 0 radical (unpaired) electrons. The molecule has 160 valence electrons. The fourth-order valence-corrected chi connectivity index (χ4v) is 3.98. The molecule has 1 N–H and O–H groups in total. The van der Waals surface area contributed by atoms with Crippen molar-refractivity contribution in [2.45, 2.75) is 0 Å². The van der Waals surface area contributed by atoms with E-state index in [9.17, 15) is 19.7 Å². The Balaban J connectivity index is 1.61. The van der Waals surface area contributed by atoms with Crippen molar-refractivity contribution in [1.82, 2.24) is 4.90 Å². The summed E-state index contributed by atoms with van der Waals surface area (Å²) >= 11 is 1.12. The zero-order valence-corrected chi connectivity index (χ0v) is 17.4. The number of nitro groups is 1. The maximum Gasteiger partial charge on any atom is 0.335 e. The van der Waals surface area contributed by atoms with Gasteiger partial charge < -0.3 is 9.52 Å². The Bertz CT molecular complexity index is 1310. The van der Waals surface area contributed by atoms with Gasteiger partial charge in [0.15, 0.2) is 5.17 Å². The minimum absolute atomic E-state index is 0.0786. The number of likely N-dealkylation sites (N-methyl/N-ethyl adjacent to an activating group) is 1. The molecule has 1 saturated heterocycles. The van der Waals surface area contributed by atoms with Gasteiger partial charge in [0.2, 0.25) is 0 Å². The summed E-state index contributed by atoms with van der Waals surface area (Å²) in [5.41, 5.74) is 0.762. The Kier molecular flexibility index (Phi) is 5.61. The fourth-order valence-electron chi connectivity index (χ4n) is 3.02. The first-order chi connectivity index (χ1) is 15.3. The molecule has 9 nitrogen and oxygen atoms in total. The molecule has 10 heteroatoms. The molecule has 1 aliphatic heterocycles. The lowest BCUT2D eigenvalue weighted by molar-refractivity contribution is -0.384. The van der Waals surface area contributed by atoms with E-state index < -0.39 is 10.9 Å². The number of nitro benzene ring substituents is 1. The lowest BCUT2D eigenvalue weighted by Gasteiger charge is -2.07. The van der Waals surface area contributed by atoms with Crippen LogP contribution in [0.25, 0.3) is 17.4 Å². The Hall–Kier alpha value is -4.18. The maximum absolute atomic E-state index is 12.6. The molecule has 0 atom stereocenters. The molecule has 3 aromatic rings. The van der Waals surface area contributed by atoms with Gasteiger partial charge in [0.05, 0.1) is 26.6 Å². The highest BCUT2D eigenvalue weighted by Gasteiger charge is 2.31. The SMILES string of the molecule is CN1C(=O)/C(=C\c2ccc(-c3ccccc3[N+](=O)[O-])o2)SC1=Nc1cccc(C(=O)O)c1. The van der Waals surface area contributed by atoms with E-state index in [2.05, 4.69) is 4.99 Å². The van der Waals surface area contributed by atoms with Gasteiger partial charge in [0, 0.05) is 19.2 Å². The molecule has 4 rings (SSSR count). The van der Waals surface area contributed by atoms with Gasteiger partial charge in [0.25, 0.3) is 11.6 Å². The molecule has 32 heavy (non-hydrogen) atoms. The highest BCUT2D eigenvalue weighted by atomic mass is 32.2. The van der Waals surface area contributed by atoms with E-state index in [1.165, 1.54) is 29.2 Å². The summed E-state index contributed by atoms with van der Waals surface area (Å²) < 4.78 is 5.73. The van der Waals surface area contributed by atoms with Crippen molar-refractivity contribution in [3.05, 3.63) is 87.0 Å². The van der Waals surface area contributed by atoms with E-state index in [-0.39, 0.29) is 17.2 Å². The summed E-state index contributed by atoms with van der Waals surface area (Å²) in [5.74, 6) is -0.695. The Labute approximate surface area is 185 Å². The normalized spacial score (nSPS) is 16.2. The van der Waals surface area contributed by atoms with Crippen LogP contribution in [0.2, 0.25) is 0 Å². The number of carbonyl (C=O) groups excluding carboxylic acids is 1. The predicted octanol–water partition coefficient (Wildman–Crippen LogP) is 4.79. The van der Waals surface area contributed by atoms with Gasteiger partial charge in [-0.3, -0.25) is 19.8 Å². The molecule has 0 unspecified atom stereocenters. The molecular formula is C22H15N3O6S.